The van der Waals surface area contributed by atoms with Crippen molar-refractivity contribution in [2.24, 2.45) is 4.99 Å². The maximum absolute atomic E-state index is 4.49. The van der Waals surface area contributed by atoms with Crippen molar-refractivity contribution in [2.45, 2.75) is 32.4 Å². The van der Waals surface area contributed by atoms with E-state index >= 15 is 0 Å². The van der Waals surface area contributed by atoms with Crippen molar-refractivity contribution in [2.75, 3.05) is 39.8 Å². The van der Waals surface area contributed by atoms with Crippen molar-refractivity contribution in [1.82, 2.24) is 24.9 Å². The van der Waals surface area contributed by atoms with Crippen molar-refractivity contribution < 1.29 is 0 Å². The van der Waals surface area contributed by atoms with Crippen LogP contribution in [0.15, 0.2) is 53.8 Å². The first-order chi connectivity index (χ1) is 13.3. The zero-order valence-corrected chi connectivity index (χ0v) is 16.6. The van der Waals surface area contributed by atoms with Crippen molar-refractivity contribution in [3.05, 3.63) is 54.4 Å². The first-order valence-electron chi connectivity index (χ1n) is 10.0. The van der Waals surface area contributed by atoms with Crippen LogP contribution in [0, 0.1) is 0 Å². The van der Waals surface area contributed by atoms with Gasteiger partial charge >= 0.3 is 0 Å². The van der Waals surface area contributed by atoms with Crippen LogP contribution in [0.4, 0.5) is 0 Å². The third-order valence-electron chi connectivity index (χ3n) is 5.24. The highest BCUT2D eigenvalue weighted by molar-refractivity contribution is 5.79. The number of piperazine rings is 1. The second-order valence-corrected chi connectivity index (χ2v) is 6.95. The molecule has 3 rings (SSSR count). The summed E-state index contributed by atoms with van der Waals surface area (Å²) < 4.78 is 1.97. The molecule has 146 valence electrons. The Labute approximate surface area is 162 Å². The van der Waals surface area contributed by atoms with Gasteiger partial charge in [0.05, 0.1) is 0 Å². The van der Waals surface area contributed by atoms with Crippen LogP contribution in [0.3, 0.4) is 0 Å². The average molecular weight is 369 g/mol. The van der Waals surface area contributed by atoms with Crippen molar-refractivity contribution >= 4 is 5.96 Å². The number of guanidine groups is 1. The third-order valence-corrected chi connectivity index (χ3v) is 5.24. The van der Waals surface area contributed by atoms with Gasteiger partial charge in [-0.15, -0.1) is 0 Å². The molecule has 0 spiro atoms. The molecule has 1 aliphatic rings. The zero-order valence-electron chi connectivity index (χ0n) is 16.6. The summed E-state index contributed by atoms with van der Waals surface area (Å²) in [5.41, 5.74) is 1.43. The van der Waals surface area contributed by atoms with E-state index in [1.807, 2.05) is 30.2 Å². The van der Waals surface area contributed by atoms with Crippen LogP contribution in [0.5, 0.6) is 0 Å². The SMILES string of the molecule is CCC(c1ccccc1)N1CCN(C(=NC)NCCCn2cccn2)CC1. The Hall–Kier alpha value is -2.34. The van der Waals surface area contributed by atoms with Crippen LogP contribution in [-0.4, -0.2) is 65.3 Å². The van der Waals surface area contributed by atoms with Crippen LogP contribution >= 0.6 is 0 Å². The molecule has 1 aromatic heterocycles. The molecule has 0 aliphatic carbocycles. The molecule has 0 saturated carbocycles. The van der Waals surface area contributed by atoms with E-state index in [9.17, 15) is 0 Å². The predicted octanol–water partition coefficient (Wildman–Crippen LogP) is 2.62. The first kappa shape index (κ1) is 19.4. The van der Waals surface area contributed by atoms with E-state index in [2.05, 4.69) is 62.5 Å². The number of rotatable bonds is 7. The molecule has 6 nitrogen and oxygen atoms in total. The number of nitrogens with one attached hydrogen (secondary N) is 1. The molecule has 1 saturated heterocycles. The van der Waals surface area contributed by atoms with Gasteiger partial charge in [-0.1, -0.05) is 37.3 Å². The van der Waals surface area contributed by atoms with E-state index in [1.54, 1.807) is 0 Å². The lowest BCUT2D eigenvalue weighted by molar-refractivity contribution is 0.127. The average Bonchev–Trinajstić information content (AvgIpc) is 3.24. The van der Waals surface area contributed by atoms with Gasteiger partial charge < -0.3 is 10.2 Å². The van der Waals surface area contributed by atoms with E-state index in [0.29, 0.717) is 6.04 Å². The topological polar surface area (TPSA) is 48.7 Å². The maximum atomic E-state index is 4.49. The minimum atomic E-state index is 0.511. The fourth-order valence-corrected chi connectivity index (χ4v) is 3.83. The first-order valence-corrected chi connectivity index (χ1v) is 10.0. The fraction of sp³-hybridized carbons (Fsp3) is 0.524. The normalized spacial score (nSPS) is 17.1. The van der Waals surface area contributed by atoms with Crippen molar-refractivity contribution in [1.29, 1.82) is 0 Å². The molecule has 2 aromatic rings. The molecule has 0 amide bonds. The number of hydrogen-bond donors (Lipinski definition) is 1. The molecule has 1 N–H and O–H groups in total. The minimum Gasteiger partial charge on any atom is -0.356 e. The van der Waals surface area contributed by atoms with E-state index in [-0.39, 0.29) is 0 Å². The van der Waals surface area contributed by atoms with Crippen molar-refractivity contribution in [3.63, 3.8) is 0 Å². The summed E-state index contributed by atoms with van der Waals surface area (Å²) >= 11 is 0. The van der Waals surface area contributed by atoms with Gasteiger partial charge in [-0.05, 0) is 24.5 Å². The molecule has 1 fully saturated rings. The van der Waals surface area contributed by atoms with Crippen LogP contribution < -0.4 is 5.32 Å². The van der Waals surface area contributed by atoms with Gasteiger partial charge in [0.15, 0.2) is 5.96 Å². The summed E-state index contributed by atoms with van der Waals surface area (Å²) in [4.78, 5) is 9.47. The van der Waals surface area contributed by atoms with Gasteiger partial charge in [-0.3, -0.25) is 14.6 Å². The van der Waals surface area contributed by atoms with Crippen LogP contribution in [0.1, 0.15) is 31.4 Å². The van der Waals surface area contributed by atoms with Crippen LogP contribution in [0.2, 0.25) is 0 Å². The van der Waals surface area contributed by atoms with Gasteiger partial charge in [0, 0.05) is 64.8 Å². The molecule has 1 atom stereocenters. The summed E-state index contributed by atoms with van der Waals surface area (Å²) in [6.45, 7) is 8.30. The smallest absolute Gasteiger partial charge is 0.193 e. The standard InChI is InChI=1S/C21H32N6/c1-3-20(19-9-5-4-6-10-19)25-15-17-26(18-16-25)21(22-2)23-11-7-13-27-14-8-12-24-27/h4-6,8-10,12,14,20H,3,7,11,13,15-18H2,1-2H3,(H,22,23). The van der Waals surface area contributed by atoms with E-state index < -0.39 is 0 Å². The molecule has 2 heterocycles. The second-order valence-electron chi connectivity index (χ2n) is 6.95. The molecule has 0 radical (unpaired) electrons. The third kappa shape index (κ3) is 5.32. The lowest BCUT2D eigenvalue weighted by atomic mass is 10.0. The van der Waals surface area contributed by atoms with E-state index in [4.69, 9.17) is 0 Å². The van der Waals surface area contributed by atoms with E-state index in [0.717, 1.165) is 58.1 Å². The molecule has 0 bridgehead atoms. The molecule has 1 unspecified atom stereocenters. The number of aliphatic imine (C=N–C) groups is 1. The highest BCUT2D eigenvalue weighted by Gasteiger charge is 2.25. The van der Waals surface area contributed by atoms with E-state index in [1.165, 1.54) is 5.56 Å². The van der Waals surface area contributed by atoms with Gasteiger partial charge in [0.25, 0.3) is 0 Å². The van der Waals surface area contributed by atoms with Crippen LogP contribution in [-0.2, 0) is 6.54 Å². The maximum Gasteiger partial charge on any atom is 0.193 e. The number of aryl methyl sites for hydroxylation is 1. The second kappa shape index (κ2) is 10.1. The lowest BCUT2D eigenvalue weighted by Crippen LogP contribution is -2.53. The summed E-state index contributed by atoms with van der Waals surface area (Å²) in [6, 6.07) is 13.4. The molecule has 1 aromatic carbocycles. The number of benzene rings is 1. The Balaban J connectivity index is 1.45. The Kier molecular flexibility index (Phi) is 7.27. The summed E-state index contributed by atoms with van der Waals surface area (Å²) in [5, 5.41) is 7.75. The zero-order chi connectivity index (χ0) is 18.9. The van der Waals surface area contributed by atoms with Gasteiger partial charge in [-0.25, -0.2) is 0 Å². The molecular weight excluding hydrogens is 336 g/mol. The highest BCUT2D eigenvalue weighted by atomic mass is 15.4. The number of aromatic nitrogens is 2. The Morgan fingerprint density at radius 3 is 2.56 bits per heavy atom. The highest BCUT2D eigenvalue weighted by Crippen LogP contribution is 2.25. The molecule has 6 heteroatoms. The minimum absolute atomic E-state index is 0.511. The Bertz CT molecular complexity index is 674. The van der Waals surface area contributed by atoms with Crippen molar-refractivity contribution in [3.8, 4) is 0 Å². The quantitative estimate of drug-likeness (QED) is 0.464. The summed E-state index contributed by atoms with van der Waals surface area (Å²) in [6.07, 6.45) is 6.01. The monoisotopic (exact) mass is 368 g/mol. The molecule has 27 heavy (non-hydrogen) atoms. The predicted molar refractivity (Wildman–Crippen MR) is 111 cm³/mol. The lowest BCUT2D eigenvalue weighted by Gasteiger charge is -2.40. The molecule has 1 aliphatic heterocycles. The number of hydrogen-bond acceptors (Lipinski definition) is 3. The van der Waals surface area contributed by atoms with Gasteiger partial charge in [0.2, 0.25) is 0 Å². The largest absolute Gasteiger partial charge is 0.356 e. The summed E-state index contributed by atoms with van der Waals surface area (Å²) in [5.74, 6) is 1.02. The van der Waals surface area contributed by atoms with Gasteiger partial charge in [0.1, 0.15) is 0 Å². The Morgan fingerprint density at radius 2 is 1.93 bits per heavy atom. The Morgan fingerprint density at radius 1 is 1.15 bits per heavy atom. The molecular formula is C21H32N6. The summed E-state index contributed by atoms with van der Waals surface area (Å²) in [7, 11) is 1.88. The van der Waals surface area contributed by atoms with Crippen LogP contribution in [0.25, 0.3) is 0 Å². The van der Waals surface area contributed by atoms with Gasteiger partial charge in [-0.2, -0.15) is 5.10 Å². The number of nitrogens with zero attached hydrogens (tertiary/aromatic N) is 5. The fourth-order valence-electron chi connectivity index (χ4n) is 3.83.